The first kappa shape index (κ1) is 20.7. The molecule has 1 aromatic rings. The molecule has 1 N–H and O–H groups in total. The van der Waals surface area contributed by atoms with E-state index in [0.717, 1.165) is 12.8 Å². The Hall–Kier alpha value is -1.64. The number of piperidine rings is 1. The van der Waals surface area contributed by atoms with Gasteiger partial charge in [0.05, 0.1) is 11.3 Å². The summed E-state index contributed by atoms with van der Waals surface area (Å²) in [4.78, 5) is 25.4. The summed E-state index contributed by atoms with van der Waals surface area (Å²) in [7, 11) is -3.72. The maximum Gasteiger partial charge on any atom is 0.307 e. The van der Waals surface area contributed by atoms with E-state index in [4.69, 9.17) is 16.3 Å². The molecule has 1 aromatic carbocycles. The first-order valence-electron chi connectivity index (χ1n) is 8.46. The van der Waals surface area contributed by atoms with Gasteiger partial charge >= 0.3 is 5.97 Å². The van der Waals surface area contributed by atoms with Crippen LogP contribution >= 0.6 is 11.6 Å². The van der Waals surface area contributed by atoms with E-state index >= 15 is 0 Å². The van der Waals surface area contributed by atoms with Crippen LogP contribution in [0.4, 0.5) is 0 Å². The molecule has 0 saturated carbocycles. The van der Waals surface area contributed by atoms with Gasteiger partial charge in [0.15, 0.2) is 6.61 Å². The van der Waals surface area contributed by atoms with Crippen LogP contribution in [0.1, 0.15) is 26.2 Å². The zero-order valence-electron chi connectivity index (χ0n) is 14.6. The normalized spacial score (nSPS) is 15.7. The molecule has 0 atom stereocenters. The first-order chi connectivity index (χ1) is 12.3. The van der Waals surface area contributed by atoms with Gasteiger partial charge in [0, 0.05) is 24.7 Å². The highest BCUT2D eigenvalue weighted by Gasteiger charge is 2.21. The summed E-state index contributed by atoms with van der Waals surface area (Å²) in [5.74, 6) is -0.232. The van der Waals surface area contributed by atoms with Crippen LogP contribution in [-0.2, 0) is 24.3 Å². The van der Waals surface area contributed by atoms with E-state index in [1.54, 1.807) is 4.90 Å². The highest BCUT2D eigenvalue weighted by atomic mass is 35.5. The Morgan fingerprint density at radius 1 is 1.23 bits per heavy atom. The topological polar surface area (TPSA) is 92.8 Å². The standard InChI is InChI=1S/C17H23ClN2O5S/c1-13-7-10-20(11-8-13)16(21)12-25-17(22)6-9-19-26(23,24)15-4-2-14(18)3-5-15/h2-5,13,19H,6-12H2,1H3. The second-order valence-corrected chi connectivity index (χ2v) is 8.53. The van der Waals surface area contributed by atoms with Crippen molar-refractivity contribution in [1.29, 1.82) is 0 Å². The number of sulfonamides is 1. The number of carbonyl (C=O) groups is 2. The summed E-state index contributed by atoms with van der Waals surface area (Å²) in [6.07, 6.45) is 1.75. The number of benzene rings is 1. The molecule has 0 radical (unpaired) electrons. The number of nitrogens with one attached hydrogen (secondary N) is 1. The molecule has 1 amide bonds. The van der Waals surface area contributed by atoms with E-state index in [9.17, 15) is 18.0 Å². The number of rotatable bonds is 7. The Labute approximate surface area is 158 Å². The van der Waals surface area contributed by atoms with Gasteiger partial charge in [-0.25, -0.2) is 13.1 Å². The lowest BCUT2D eigenvalue weighted by Crippen LogP contribution is -2.40. The van der Waals surface area contributed by atoms with Crippen LogP contribution in [0, 0.1) is 5.92 Å². The van der Waals surface area contributed by atoms with Gasteiger partial charge in [0.1, 0.15) is 0 Å². The third kappa shape index (κ3) is 6.26. The lowest BCUT2D eigenvalue weighted by molar-refractivity contribution is -0.152. The van der Waals surface area contributed by atoms with Crippen molar-refractivity contribution in [1.82, 2.24) is 9.62 Å². The number of ether oxygens (including phenoxy) is 1. The van der Waals surface area contributed by atoms with Crippen LogP contribution in [-0.4, -0.2) is 51.4 Å². The average molecular weight is 403 g/mol. The minimum atomic E-state index is -3.72. The number of hydrogen-bond donors (Lipinski definition) is 1. The fraction of sp³-hybridized carbons (Fsp3) is 0.529. The van der Waals surface area contributed by atoms with E-state index in [0.29, 0.717) is 24.0 Å². The van der Waals surface area contributed by atoms with Crippen molar-refractivity contribution in [2.45, 2.75) is 31.1 Å². The number of esters is 1. The molecule has 1 fully saturated rings. The summed E-state index contributed by atoms with van der Waals surface area (Å²) >= 11 is 5.72. The second kappa shape index (κ2) is 9.34. The molecule has 2 rings (SSSR count). The first-order valence-corrected chi connectivity index (χ1v) is 10.3. The number of carbonyl (C=O) groups excluding carboxylic acids is 2. The predicted molar refractivity (Wildman–Crippen MR) is 97.2 cm³/mol. The number of hydrogen-bond acceptors (Lipinski definition) is 5. The molecule has 144 valence electrons. The molecule has 0 aromatic heterocycles. The molecule has 26 heavy (non-hydrogen) atoms. The predicted octanol–water partition coefficient (Wildman–Crippen LogP) is 1.81. The molecular weight excluding hydrogens is 380 g/mol. The van der Waals surface area contributed by atoms with Gasteiger partial charge in [0.2, 0.25) is 10.0 Å². The van der Waals surface area contributed by atoms with Crippen molar-refractivity contribution >= 4 is 33.5 Å². The lowest BCUT2D eigenvalue weighted by Gasteiger charge is -2.30. The molecule has 0 spiro atoms. The summed E-state index contributed by atoms with van der Waals surface area (Å²) < 4.78 is 31.4. The minimum Gasteiger partial charge on any atom is -0.456 e. The van der Waals surface area contributed by atoms with Crippen molar-refractivity contribution in [2.24, 2.45) is 5.92 Å². The van der Waals surface area contributed by atoms with Gasteiger partial charge in [0.25, 0.3) is 5.91 Å². The fourth-order valence-electron chi connectivity index (χ4n) is 2.55. The van der Waals surface area contributed by atoms with Crippen LogP contribution < -0.4 is 4.72 Å². The highest BCUT2D eigenvalue weighted by Crippen LogP contribution is 2.16. The van der Waals surface area contributed by atoms with Crippen LogP contribution in [0.25, 0.3) is 0 Å². The average Bonchev–Trinajstić information content (AvgIpc) is 2.60. The number of likely N-dealkylation sites (tertiary alicyclic amines) is 1. The van der Waals surface area contributed by atoms with Crippen molar-refractivity contribution in [3.8, 4) is 0 Å². The van der Waals surface area contributed by atoms with Gasteiger partial charge < -0.3 is 9.64 Å². The van der Waals surface area contributed by atoms with Crippen LogP contribution in [0.5, 0.6) is 0 Å². The van der Waals surface area contributed by atoms with E-state index in [1.165, 1.54) is 24.3 Å². The fourth-order valence-corrected chi connectivity index (χ4v) is 3.71. The minimum absolute atomic E-state index is 0.0600. The number of amides is 1. The molecule has 1 aliphatic rings. The van der Waals surface area contributed by atoms with Gasteiger partial charge in [-0.15, -0.1) is 0 Å². The molecule has 9 heteroatoms. The van der Waals surface area contributed by atoms with E-state index in [-0.39, 0.29) is 30.4 Å². The molecule has 0 aliphatic carbocycles. The Morgan fingerprint density at radius 3 is 2.46 bits per heavy atom. The largest absolute Gasteiger partial charge is 0.456 e. The smallest absolute Gasteiger partial charge is 0.307 e. The molecule has 7 nitrogen and oxygen atoms in total. The van der Waals surface area contributed by atoms with E-state index < -0.39 is 16.0 Å². The zero-order valence-corrected chi connectivity index (χ0v) is 16.2. The summed E-state index contributed by atoms with van der Waals surface area (Å²) in [5, 5.41) is 0.431. The molecule has 0 unspecified atom stereocenters. The van der Waals surface area contributed by atoms with Crippen molar-refractivity contribution in [2.75, 3.05) is 26.2 Å². The number of halogens is 1. The van der Waals surface area contributed by atoms with E-state index in [1.807, 2.05) is 0 Å². The van der Waals surface area contributed by atoms with Crippen molar-refractivity contribution in [3.63, 3.8) is 0 Å². The third-order valence-corrected chi connectivity index (χ3v) is 5.97. The maximum absolute atomic E-state index is 12.1. The monoisotopic (exact) mass is 402 g/mol. The molecule has 1 saturated heterocycles. The van der Waals surface area contributed by atoms with E-state index in [2.05, 4.69) is 11.6 Å². The maximum atomic E-state index is 12.1. The molecule has 1 heterocycles. The quantitative estimate of drug-likeness (QED) is 0.702. The highest BCUT2D eigenvalue weighted by molar-refractivity contribution is 7.89. The Kier molecular flexibility index (Phi) is 7.43. The third-order valence-electron chi connectivity index (χ3n) is 4.24. The lowest BCUT2D eigenvalue weighted by atomic mass is 9.99. The van der Waals surface area contributed by atoms with Crippen molar-refractivity contribution < 1.29 is 22.7 Å². The van der Waals surface area contributed by atoms with Crippen molar-refractivity contribution in [3.05, 3.63) is 29.3 Å². The van der Waals surface area contributed by atoms with Crippen LogP contribution in [0.3, 0.4) is 0 Å². The summed E-state index contributed by atoms with van der Waals surface area (Å²) in [6.45, 7) is 3.08. The summed E-state index contributed by atoms with van der Waals surface area (Å²) in [5.41, 5.74) is 0. The second-order valence-electron chi connectivity index (χ2n) is 6.33. The summed E-state index contributed by atoms with van der Waals surface area (Å²) in [6, 6.07) is 5.69. The Balaban J connectivity index is 1.70. The Morgan fingerprint density at radius 2 is 1.85 bits per heavy atom. The van der Waals surface area contributed by atoms with Gasteiger partial charge in [-0.05, 0) is 43.0 Å². The molecular formula is C17H23ClN2O5S. The van der Waals surface area contributed by atoms with Crippen LogP contribution in [0.15, 0.2) is 29.2 Å². The Bertz CT molecular complexity index is 728. The zero-order chi connectivity index (χ0) is 19.2. The van der Waals surface area contributed by atoms with Gasteiger partial charge in [-0.1, -0.05) is 18.5 Å². The molecule has 1 aliphatic heterocycles. The number of nitrogens with zero attached hydrogens (tertiary/aromatic N) is 1. The van der Waals surface area contributed by atoms with Gasteiger partial charge in [-0.3, -0.25) is 9.59 Å². The molecule has 0 bridgehead atoms. The SMILES string of the molecule is CC1CCN(C(=O)COC(=O)CCNS(=O)(=O)c2ccc(Cl)cc2)CC1. The van der Waals surface area contributed by atoms with Crippen LogP contribution in [0.2, 0.25) is 5.02 Å². The van der Waals surface area contributed by atoms with Gasteiger partial charge in [-0.2, -0.15) is 0 Å².